The summed E-state index contributed by atoms with van der Waals surface area (Å²) in [5, 5.41) is 3.04. The maximum atomic E-state index is 12.1. The number of anilines is 1. The monoisotopic (exact) mass is 382 g/mol. The topological polar surface area (TPSA) is 84.5 Å². The highest BCUT2D eigenvalue weighted by Crippen LogP contribution is 2.25. The molecular formula is C17H19ClN2O4S. The predicted molar refractivity (Wildman–Crippen MR) is 97.6 cm³/mol. The number of hydrogen-bond donors (Lipinski definition) is 2. The third-order valence-corrected chi connectivity index (χ3v) is 5.07. The van der Waals surface area contributed by atoms with Crippen LogP contribution in [-0.4, -0.2) is 28.0 Å². The molecule has 2 rings (SSSR count). The quantitative estimate of drug-likeness (QED) is 0.771. The van der Waals surface area contributed by atoms with Crippen molar-refractivity contribution in [1.29, 1.82) is 0 Å². The summed E-state index contributed by atoms with van der Waals surface area (Å²) in [6.07, 6.45) is -0.0170. The number of rotatable bonds is 7. The molecule has 1 amide bonds. The van der Waals surface area contributed by atoms with Gasteiger partial charge >= 0.3 is 0 Å². The SMILES string of the molecule is COc1ccc(C)cc1NC(=O)CCNS(=O)(=O)c1cccc(Cl)c1. The summed E-state index contributed by atoms with van der Waals surface area (Å²) in [7, 11) is -2.20. The Bertz CT molecular complexity index is 869. The minimum Gasteiger partial charge on any atom is -0.495 e. The van der Waals surface area contributed by atoms with E-state index in [-0.39, 0.29) is 23.8 Å². The fourth-order valence-corrected chi connectivity index (χ4v) is 3.48. The summed E-state index contributed by atoms with van der Waals surface area (Å²) in [6.45, 7) is 1.86. The van der Waals surface area contributed by atoms with Gasteiger partial charge in [-0.25, -0.2) is 13.1 Å². The molecule has 0 fully saturated rings. The molecule has 0 saturated heterocycles. The molecule has 0 aromatic heterocycles. The van der Waals surface area contributed by atoms with E-state index in [9.17, 15) is 13.2 Å². The lowest BCUT2D eigenvalue weighted by Gasteiger charge is -2.11. The van der Waals surface area contributed by atoms with E-state index in [4.69, 9.17) is 16.3 Å². The van der Waals surface area contributed by atoms with E-state index in [2.05, 4.69) is 10.0 Å². The number of methoxy groups -OCH3 is 1. The number of halogens is 1. The zero-order valence-corrected chi connectivity index (χ0v) is 15.4. The zero-order valence-electron chi connectivity index (χ0n) is 13.9. The third kappa shape index (κ3) is 5.45. The normalized spacial score (nSPS) is 11.2. The Morgan fingerprint density at radius 2 is 1.96 bits per heavy atom. The van der Waals surface area contributed by atoms with Crippen molar-refractivity contribution in [2.45, 2.75) is 18.2 Å². The van der Waals surface area contributed by atoms with Gasteiger partial charge < -0.3 is 10.1 Å². The van der Waals surface area contributed by atoms with Crippen molar-refractivity contribution in [3.63, 3.8) is 0 Å². The molecule has 6 nitrogen and oxygen atoms in total. The maximum absolute atomic E-state index is 12.1. The van der Waals surface area contributed by atoms with Crippen molar-refractivity contribution in [2.75, 3.05) is 19.0 Å². The standard InChI is InChI=1S/C17H19ClN2O4S/c1-12-6-7-16(24-2)15(10-12)20-17(21)8-9-19-25(22,23)14-5-3-4-13(18)11-14/h3-7,10-11,19H,8-9H2,1-2H3,(H,20,21). The smallest absolute Gasteiger partial charge is 0.240 e. The van der Waals surface area contributed by atoms with Crippen molar-refractivity contribution in [2.24, 2.45) is 0 Å². The van der Waals surface area contributed by atoms with Gasteiger partial charge in [-0.3, -0.25) is 4.79 Å². The molecule has 0 aliphatic heterocycles. The van der Waals surface area contributed by atoms with Crippen LogP contribution < -0.4 is 14.8 Å². The lowest BCUT2D eigenvalue weighted by molar-refractivity contribution is -0.116. The largest absolute Gasteiger partial charge is 0.495 e. The van der Waals surface area contributed by atoms with Gasteiger partial charge in [-0.15, -0.1) is 0 Å². The third-order valence-electron chi connectivity index (χ3n) is 3.38. The number of hydrogen-bond acceptors (Lipinski definition) is 4. The second-order valence-corrected chi connectivity index (χ2v) is 7.56. The van der Waals surface area contributed by atoms with Crippen LogP contribution in [0, 0.1) is 6.92 Å². The van der Waals surface area contributed by atoms with Crippen molar-refractivity contribution < 1.29 is 17.9 Å². The van der Waals surface area contributed by atoms with Crippen LogP contribution in [-0.2, 0) is 14.8 Å². The van der Waals surface area contributed by atoms with Crippen LogP contribution in [0.4, 0.5) is 5.69 Å². The van der Waals surface area contributed by atoms with E-state index in [1.165, 1.54) is 19.2 Å². The van der Waals surface area contributed by atoms with E-state index >= 15 is 0 Å². The molecular weight excluding hydrogens is 364 g/mol. The van der Waals surface area contributed by atoms with E-state index in [0.29, 0.717) is 16.5 Å². The number of nitrogens with one attached hydrogen (secondary N) is 2. The van der Waals surface area contributed by atoms with Crippen molar-refractivity contribution in [3.8, 4) is 5.75 Å². The predicted octanol–water partition coefficient (Wildman–Crippen LogP) is 2.96. The van der Waals surface area contributed by atoms with Crippen molar-refractivity contribution >= 4 is 33.2 Å². The van der Waals surface area contributed by atoms with Gasteiger partial charge in [0.1, 0.15) is 5.75 Å². The molecule has 0 radical (unpaired) electrons. The number of carbonyl (C=O) groups is 1. The molecule has 0 spiro atoms. The van der Waals surface area contributed by atoms with E-state index in [1.807, 2.05) is 13.0 Å². The highest BCUT2D eigenvalue weighted by molar-refractivity contribution is 7.89. The van der Waals surface area contributed by atoms with Crippen LogP contribution in [0.3, 0.4) is 0 Å². The van der Waals surface area contributed by atoms with Crippen LogP contribution in [0.15, 0.2) is 47.4 Å². The molecule has 2 aromatic rings. The average Bonchev–Trinajstić information content (AvgIpc) is 2.55. The van der Waals surface area contributed by atoms with Gasteiger partial charge in [0, 0.05) is 18.0 Å². The van der Waals surface area contributed by atoms with Crippen LogP contribution in [0.1, 0.15) is 12.0 Å². The number of aryl methyl sites for hydroxylation is 1. The first-order valence-corrected chi connectivity index (χ1v) is 9.37. The summed E-state index contributed by atoms with van der Waals surface area (Å²) < 4.78 is 31.9. The lowest BCUT2D eigenvalue weighted by Crippen LogP contribution is -2.27. The summed E-state index contributed by atoms with van der Waals surface area (Å²) >= 11 is 5.80. The van der Waals surface area contributed by atoms with Crippen LogP contribution in [0.25, 0.3) is 0 Å². The molecule has 0 aliphatic rings. The number of carbonyl (C=O) groups excluding carboxylic acids is 1. The highest BCUT2D eigenvalue weighted by Gasteiger charge is 2.15. The molecule has 134 valence electrons. The van der Waals surface area contributed by atoms with Crippen molar-refractivity contribution in [3.05, 3.63) is 53.1 Å². The fraction of sp³-hybridized carbons (Fsp3) is 0.235. The molecule has 0 atom stereocenters. The first-order chi connectivity index (χ1) is 11.8. The Hall–Kier alpha value is -2.09. The second kappa shape index (κ2) is 8.33. The summed E-state index contributed by atoms with van der Waals surface area (Å²) in [6, 6.07) is 11.3. The minimum atomic E-state index is -3.71. The first-order valence-electron chi connectivity index (χ1n) is 7.51. The van der Waals surface area contributed by atoms with Gasteiger partial charge in [0.05, 0.1) is 17.7 Å². The average molecular weight is 383 g/mol. The van der Waals surface area contributed by atoms with Crippen molar-refractivity contribution in [1.82, 2.24) is 4.72 Å². The molecule has 0 saturated carbocycles. The second-order valence-electron chi connectivity index (χ2n) is 5.36. The highest BCUT2D eigenvalue weighted by atomic mass is 35.5. The molecule has 25 heavy (non-hydrogen) atoms. The van der Waals surface area contributed by atoms with E-state index < -0.39 is 10.0 Å². The van der Waals surface area contributed by atoms with Gasteiger partial charge in [-0.05, 0) is 42.8 Å². The first kappa shape index (κ1) is 19.2. The molecule has 8 heteroatoms. The van der Waals surface area contributed by atoms with Gasteiger partial charge in [-0.1, -0.05) is 23.7 Å². The van der Waals surface area contributed by atoms with Crippen LogP contribution in [0.5, 0.6) is 5.75 Å². The summed E-state index contributed by atoms with van der Waals surface area (Å²) in [5.74, 6) is 0.219. The summed E-state index contributed by atoms with van der Waals surface area (Å²) in [4.78, 5) is 12.1. The number of benzene rings is 2. The van der Waals surface area contributed by atoms with Crippen LogP contribution >= 0.6 is 11.6 Å². The summed E-state index contributed by atoms with van der Waals surface area (Å²) in [5.41, 5.74) is 1.52. The van der Waals surface area contributed by atoms with E-state index in [0.717, 1.165) is 5.56 Å². The molecule has 2 N–H and O–H groups in total. The Morgan fingerprint density at radius 1 is 1.20 bits per heavy atom. The number of sulfonamides is 1. The van der Waals surface area contributed by atoms with Gasteiger partial charge in [0.2, 0.25) is 15.9 Å². The fourth-order valence-electron chi connectivity index (χ4n) is 2.15. The Kier molecular flexibility index (Phi) is 6.41. The van der Waals surface area contributed by atoms with Gasteiger partial charge in [0.15, 0.2) is 0 Å². The minimum absolute atomic E-state index is 0.0170. The van der Waals surface area contributed by atoms with E-state index in [1.54, 1.807) is 24.3 Å². The Morgan fingerprint density at radius 3 is 2.64 bits per heavy atom. The maximum Gasteiger partial charge on any atom is 0.240 e. The molecule has 0 heterocycles. The van der Waals surface area contributed by atoms with Gasteiger partial charge in [0.25, 0.3) is 0 Å². The zero-order chi connectivity index (χ0) is 18.4. The Balaban J connectivity index is 1.93. The molecule has 2 aromatic carbocycles. The molecule has 0 bridgehead atoms. The Labute approximate surface area is 152 Å². The molecule has 0 unspecified atom stereocenters. The lowest BCUT2D eigenvalue weighted by atomic mass is 10.2. The number of ether oxygens (including phenoxy) is 1. The van der Waals surface area contributed by atoms with Gasteiger partial charge in [-0.2, -0.15) is 0 Å². The van der Waals surface area contributed by atoms with Crippen LogP contribution in [0.2, 0.25) is 5.02 Å². The molecule has 0 aliphatic carbocycles. The number of amides is 1.